The highest BCUT2D eigenvalue weighted by Gasteiger charge is 2.37. The van der Waals surface area contributed by atoms with Crippen molar-refractivity contribution in [3.05, 3.63) is 17.7 Å². The fourth-order valence-electron chi connectivity index (χ4n) is 1.84. The predicted molar refractivity (Wildman–Crippen MR) is 65.5 cm³/mol. The van der Waals surface area contributed by atoms with Crippen molar-refractivity contribution in [2.24, 2.45) is 0 Å². The zero-order valence-electron chi connectivity index (χ0n) is 10.5. The first-order valence-electron chi connectivity index (χ1n) is 5.69. The minimum atomic E-state index is -0.912. The van der Waals surface area contributed by atoms with Gasteiger partial charge in [-0.05, 0) is 31.4 Å². The lowest BCUT2D eigenvalue weighted by molar-refractivity contribution is -0.129. The van der Waals surface area contributed by atoms with Gasteiger partial charge >= 0.3 is 0 Å². The second kappa shape index (κ2) is 3.65. The number of amides is 1. The van der Waals surface area contributed by atoms with Gasteiger partial charge in [-0.3, -0.25) is 4.79 Å². The van der Waals surface area contributed by atoms with Crippen molar-refractivity contribution in [1.82, 2.24) is 0 Å². The molecule has 2 N–H and O–H groups in total. The number of hydrogen-bond acceptors (Lipinski definition) is 3. The lowest BCUT2D eigenvalue weighted by Crippen LogP contribution is -2.46. The lowest BCUT2D eigenvalue weighted by Gasteiger charge is -2.33. The van der Waals surface area contributed by atoms with E-state index < -0.39 is 5.60 Å². The van der Waals surface area contributed by atoms with Crippen LogP contribution in [0.3, 0.4) is 0 Å². The Balaban J connectivity index is 2.60. The average molecular weight is 235 g/mol. The van der Waals surface area contributed by atoms with Gasteiger partial charge in [0.25, 0.3) is 5.91 Å². The van der Waals surface area contributed by atoms with Crippen molar-refractivity contribution in [3.63, 3.8) is 0 Å². The minimum Gasteiger partial charge on any atom is -0.506 e. The summed E-state index contributed by atoms with van der Waals surface area (Å²) in [7, 11) is 0. The Morgan fingerprint density at radius 1 is 1.35 bits per heavy atom. The average Bonchev–Trinajstić information content (AvgIpc) is 2.20. The van der Waals surface area contributed by atoms with E-state index in [4.69, 9.17) is 4.74 Å². The largest absolute Gasteiger partial charge is 0.506 e. The number of rotatable bonds is 1. The van der Waals surface area contributed by atoms with Crippen LogP contribution in [0.4, 0.5) is 5.69 Å². The number of anilines is 1. The van der Waals surface area contributed by atoms with Crippen molar-refractivity contribution in [3.8, 4) is 11.5 Å². The van der Waals surface area contributed by atoms with Gasteiger partial charge < -0.3 is 15.2 Å². The monoisotopic (exact) mass is 235 g/mol. The van der Waals surface area contributed by atoms with Gasteiger partial charge in [0, 0.05) is 0 Å². The van der Waals surface area contributed by atoms with E-state index in [1.54, 1.807) is 19.9 Å². The normalized spacial score (nSPS) is 17.4. The highest BCUT2D eigenvalue weighted by atomic mass is 16.5. The summed E-state index contributed by atoms with van der Waals surface area (Å²) in [5, 5.41) is 12.5. The number of nitrogens with one attached hydrogen (secondary N) is 1. The Labute approximate surface area is 101 Å². The van der Waals surface area contributed by atoms with E-state index in [0.29, 0.717) is 11.4 Å². The van der Waals surface area contributed by atoms with Crippen molar-refractivity contribution >= 4 is 11.6 Å². The van der Waals surface area contributed by atoms with E-state index in [2.05, 4.69) is 5.32 Å². The van der Waals surface area contributed by atoms with Crippen LogP contribution in [0.1, 0.15) is 39.2 Å². The number of phenolic OH excluding ortho intramolecular Hbond substituents is 1. The molecule has 1 amide bonds. The van der Waals surface area contributed by atoms with Crippen LogP contribution in [-0.4, -0.2) is 16.6 Å². The molecule has 92 valence electrons. The van der Waals surface area contributed by atoms with Crippen molar-refractivity contribution in [2.75, 3.05) is 5.32 Å². The van der Waals surface area contributed by atoms with Gasteiger partial charge in [0.2, 0.25) is 0 Å². The molecule has 0 bridgehead atoms. The molecular formula is C13H17NO3. The standard InChI is InChI=1S/C13H17NO3/c1-7(2)8-5-6-9(15)10-11(8)17-13(3,4)12(16)14-10/h5-7,15H,1-4H3,(H,14,16). The van der Waals surface area contributed by atoms with Crippen LogP contribution in [0.2, 0.25) is 0 Å². The third-order valence-electron chi connectivity index (χ3n) is 2.93. The van der Waals surface area contributed by atoms with Gasteiger partial charge in [0.15, 0.2) is 11.4 Å². The molecule has 4 heteroatoms. The number of benzene rings is 1. The highest BCUT2D eigenvalue weighted by molar-refractivity contribution is 6.01. The Hall–Kier alpha value is -1.71. The molecule has 0 aliphatic carbocycles. The molecule has 0 unspecified atom stereocenters. The number of phenols is 1. The summed E-state index contributed by atoms with van der Waals surface area (Å²) in [5.74, 6) is 0.620. The lowest BCUT2D eigenvalue weighted by atomic mass is 9.97. The van der Waals surface area contributed by atoms with Crippen LogP contribution in [-0.2, 0) is 4.79 Å². The molecule has 1 aliphatic heterocycles. The molecule has 0 spiro atoms. The maximum atomic E-state index is 11.8. The van der Waals surface area contributed by atoms with Crippen molar-refractivity contribution in [1.29, 1.82) is 0 Å². The van der Waals surface area contributed by atoms with Crippen molar-refractivity contribution < 1.29 is 14.6 Å². The zero-order valence-corrected chi connectivity index (χ0v) is 10.5. The molecule has 0 aromatic heterocycles. The molecule has 1 aliphatic rings. The first-order valence-corrected chi connectivity index (χ1v) is 5.69. The van der Waals surface area contributed by atoms with Crippen LogP contribution >= 0.6 is 0 Å². The number of carbonyl (C=O) groups excluding carboxylic acids is 1. The molecule has 0 saturated heterocycles. The molecule has 2 rings (SSSR count). The first kappa shape index (κ1) is 11.8. The van der Waals surface area contributed by atoms with Gasteiger partial charge in [-0.15, -0.1) is 0 Å². The van der Waals surface area contributed by atoms with Crippen LogP contribution in [0.5, 0.6) is 11.5 Å². The third-order valence-corrected chi connectivity index (χ3v) is 2.93. The summed E-state index contributed by atoms with van der Waals surface area (Å²) in [4.78, 5) is 11.8. The van der Waals surface area contributed by atoms with Gasteiger partial charge in [-0.2, -0.15) is 0 Å². The smallest absolute Gasteiger partial charge is 0.268 e. The van der Waals surface area contributed by atoms with Crippen LogP contribution in [0, 0.1) is 0 Å². The Bertz CT molecular complexity index is 478. The van der Waals surface area contributed by atoms with E-state index in [1.165, 1.54) is 0 Å². The molecular weight excluding hydrogens is 218 g/mol. The SMILES string of the molecule is CC(C)c1ccc(O)c2c1OC(C)(C)C(=O)N2. The van der Waals surface area contributed by atoms with E-state index >= 15 is 0 Å². The number of carbonyl (C=O) groups is 1. The predicted octanol–water partition coefficient (Wildman–Crippen LogP) is 2.63. The van der Waals surface area contributed by atoms with Crippen LogP contribution < -0.4 is 10.1 Å². The Morgan fingerprint density at radius 2 is 2.00 bits per heavy atom. The maximum Gasteiger partial charge on any atom is 0.268 e. The minimum absolute atomic E-state index is 0.0354. The molecule has 0 fully saturated rings. The van der Waals surface area contributed by atoms with Gasteiger partial charge in [-0.1, -0.05) is 19.9 Å². The molecule has 17 heavy (non-hydrogen) atoms. The third kappa shape index (κ3) is 1.84. The van der Waals surface area contributed by atoms with E-state index in [-0.39, 0.29) is 17.6 Å². The molecule has 0 saturated carbocycles. The fraction of sp³-hybridized carbons (Fsp3) is 0.462. The molecule has 1 aromatic carbocycles. The summed E-state index contributed by atoms with van der Waals surface area (Å²) in [6.45, 7) is 7.50. The van der Waals surface area contributed by atoms with Crippen molar-refractivity contribution in [2.45, 2.75) is 39.2 Å². The van der Waals surface area contributed by atoms with Crippen LogP contribution in [0.15, 0.2) is 12.1 Å². The molecule has 1 heterocycles. The topological polar surface area (TPSA) is 58.6 Å². The molecule has 0 radical (unpaired) electrons. The first-order chi connectivity index (χ1) is 7.83. The fourth-order valence-corrected chi connectivity index (χ4v) is 1.84. The number of aromatic hydroxyl groups is 1. The van der Waals surface area contributed by atoms with Gasteiger partial charge in [-0.25, -0.2) is 0 Å². The maximum absolute atomic E-state index is 11.8. The second-order valence-electron chi connectivity index (χ2n) is 5.10. The van der Waals surface area contributed by atoms with E-state index in [9.17, 15) is 9.90 Å². The summed E-state index contributed by atoms with van der Waals surface area (Å²) in [6, 6.07) is 3.41. The second-order valence-corrected chi connectivity index (χ2v) is 5.10. The highest BCUT2D eigenvalue weighted by Crippen LogP contribution is 2.44. The number of hydrogen-bond donors (Lipinski definition) is 2. The summed E-state index contributed by atoms with van der Waals surface area (Å²) >= 11 is 0. The Morgan fingerprint density at radius 3 is 2.59 bits per heavy atom. The molecule has 1 aromatic rings. The molecule has 0 atom stereocenters. The zero-order chi connectivity index (χ0) is 12.8. The summed E-state index contributed by atoms with van der Waals surface area (Å²) in [6.07, 6.45) is 0. The van der Waals surface area contributed by atoms with Gasteiger partial charge in [0.05, 0.1) is 0 Å². The summed E-state index contributed by atoms with van der Waals surface area (Å²) in [5.41, 5.74) is 0.441. The van der Waals surface area contributed by atoms with Gasteiger partial charge in [0.1, 0.15) is 11.4 Å². The number of ether oxygens (including phenoxy) is 1. The van der Waals surface area contributed by atoms with E-state index in [0.717, 1.165) is 5.56 Å². The summed E-state index contributed by atoms with van der Waals surface area (Å²) < 4.78 is 5.73. The molecule has 4 nitrogen and oxygen atoms in total. The Kier molecular flexibility index (Phi) is 2.53. The van der Waals surface area contributed by atoms with Crippen LogP contribution in [0.25, 0.3) is 0 Å². The quantitative estimate of drug-likeness (QED) is 0.736. The van der Waals surface area contributed by atoms with E-state index in [1.807, 2.05) is 19.9 Å². The number of fused-ring (bicyclic) bond motifs is 1.